The van der Waals surface area contributed by atoms with E-state index in [0.29, 0.717) is 19.5 Å². The van der Waals surface area contributed by atoms with Crippen molar-refractivity contribution in [2.45, 2.75) is 19.3 Å². The van der Waals surface area contributed by atoms with Gasteiger partial charge in [-0.3, -0.25) is 4.79 Å². The van der Waals surface area contributed by atoms with Crippen molar-refractivity contribution in [2.75, 3.05) is 18.4 Å². The Labute approximate surface area is 150 Å². The first-order chi connectivity index (χ1) is 12.1. The van der Waals surface area contributed by atoms with Crippen molar-refractivity contribution in [1.82, 2.24) is 4.90 Å². The van der Waals surface area contributed by atoms with Gasteiger partial charge in [-0.25, -0.2) is 4.79 Å². The van der Waals surface area contributed by atoms with E-state index in [1.165, 1.54) is 0 Å². The molecule has 2 atom stereocenters. The molecule has 1 saturated carbocycles. The lowest BCUT2D eigenvalue weighted by Gasteiger charge is -2.23. The number of thiophene rings is 1. The van der Waals surface area contributed by atoms with Crippen LogP contribution >= 0.6 is 11.3 Å². The van der Waals surface area contributed by atoms with Crippen LogP contribution in [0.4, 0.5) is 10.5 Å². The zero-order valence-electron chi connectivity index (χ0n) is 13.8. The normalized spacial score (nSPS) is 25.0. The van der Waals surface area contributed by atoms with Gasteiger partial charge in [-0.15, -0.1) is 11.3 Å². The second-order valence-electron chi connectivity index (χ2n) is 6.88. The molecule has 0 bridgehead atoms. The Bertz CT molecular complexity index is 805. The molecule has 0 spiro atoms. The number of likely N-dealkylation sites (tertiary alicyclic amines) is 1. The van der Waals surface area contributed by atoms with Gasteiger partial charge in [0.2, 0.25) is 0 Å². The number of urea groups is 1. The second kappa shape index (κ2) is 6.19. The maximum Gasteiger partial charge on any atom is 0.321 e. The zero-order valence-corrected chi connectivity index (χ0v) is 14.6. The number of nitrogens with one attached hydrogen (secondary N) is 1. The van der Waals surface area contributed by atoms with E-state index in [4.69, 9.17) is 0 Å². The van der Waals surface area contributed by atoms with Gasteiger partial charge in [-0.05, 0) is 36.3 Å². The van der Waals surface area contributed by atoms with Crippen LogP contribution in [-0.2, 0) is 4.79 Å². The summed E-state index contributed by atoms with van der Waals surface area (Å²) in [5.74, 6) is -0.687. The molecule has 1 saturated heterocycles. The number of nitrogens with zero attached hydrogens (tertiary/aromatic N) is 1. The highest BCUT2D eigenvalue weighted by atomic mass is 32.1. The van der Waals surface area contributed by atoms with Crippen LogP contribution in [0.3, 0.4) is 0 Å². The minimum atomic E-state index is -0.760. The van der Waals surface area contributed by atoms with Crippen molar-refractivity contribution in [3.63, 3.8) is 0 Å². The number of para-hydroxylation sites is 1. The second-order valence-corrected chi connectivity index (χ2v) is 7.83. The molecule has 2 N–H and O–H groups in total. The van der Waals surface area contributed by atoms with E-state index in [2.05, 4.69) is 5.32 Å². The lowest BCUT2D eigenvalue weighted by Crippen LogP contribution is -2.38. The summed E-state index contributed by atoms with van der Waals surface area (Å²) in [5, 5.41) is 14.7. The first-order valence-corrected chi connectivity index (χ1v) is 9.40. The predicted molar refractivity (Wildman–Crippen MR) is 97.8 cm³/mol. The molecule has 2 fully saturated rings. The van der Waals surface area contributed by atoms with Gasteiger partial charge < -0.3 is 15.3 Å². The Morgan fingerprint density at radius 3 is 2.80 bits per heavy atom. The van der Waals surface area contributed by atoms with Gasteiger partial charge in [0, 0.05) is 23.5 Å². The molecule has 0 radical (unpaired) electrons. The van der Waals surface area contributed by atoms with E-state index in [9.17, 15) is 14.7 Å². The fraction of sp³-hybridized carbons (Fsp3) is 0.368. The zero-order chi connectivity index (χ0) is 17.4. The van der Waals surface area contributed by atoms with E-state index in [1.54, 1.807) is 16.2 Å². The van der Waals surface area contributed by atoms with Crippen LogP contribution in [0.2, 0.25) is 0 Å². The minimum absolute atomic E-state index is 0.0725. The molecule has 0 unspecified atom stereocenters. The molecule has 2 aliphatic rings. The van der Waals surface area contributed by atoms with E-state index in [0.717, 1.165) is 29.0 Å². The molecule has 25 heavy (non-hydrogen) atoms. The Balaban J connectivity index is 1.54. The van der Waals surface area contributed by atoms with Gasteiger partial charge in [-0.1, -0.05) is 30.7 Å². The SMILES string of the molecule is O=C(Nc1ccccc1-c1cccs1)N1C[C@@H]2CCC[C@@]2(C(=O)O)C1. The summed E-state index contributed by atoms with van der Waals surface area (Å²) < 4.78 is 0. The molecule has 1 aliphatic heterocycles. The number of carbonyl (C=O) groups excluding carboxylic acids is 1. The third-order valence-electron chi connectivity index (χ3n) is 5.54. The summed E-state index contributed by atoms with van der Waals surface area (Å²) in [4.78, 5) is 27.3. The standard InChI is InChI=1S/C19H20N2O3S/c22-17(23)19-9-3-5-13(19)11-21(12-19)18(24)20-15-7-2-1-6-14(15)16-8-4-10-25-16/h1-2,4,6-8,10,13H,3,5,9,11-12H2,(H,20,24)(H,22,23)/t13-,19+/m0/s1. The minimum Gasteiger partial charge on any atom is -0.481 e. The number of rotatable bonds is 3. The van der Waals surface area contributed by atoms with E-state index < -0.39 is 11.4 Å². The summed E-state index contributed by atoms with van der Waals surface area (Å²) >= 11 is 1.62. The van der Waals surface area contributed by atoms with E-state index >= 15 is 0 Å². The Kier molecular flexibility index (Phi) is 4.00. The lowest BCUT2D eigenvalue weighted by molar-refractivity contribution is -0.149. The van der Waals surface area contributed by atoms with Crippen LogP contribution in [0.15, 0.2) is 41.8 Å². The third-order valence-corrected chi connectivity index (χ3v) is 6.44. The average Bonchev–Trinajstić information content (AvgIpc) is 3.31. The first kappa shape index (κ1) is 16.1. The van der Waals surface area contributed by atoms with Crippen molar-refractivity contribution in [3.8, 4) is 10.4 Å². The molecule has 1 aromatic carbocycles. The van der Waals surface area contributed by atoms with Crippen LogP contribution in [0.25, 0.3) is 10.4 Å². The van der Waals surface area contributed by atoms with Crippen LogP contribution in [0, 0.1) is 11.3 Å². The van der Waals surface area contributed by atoms with Crippen molar-refractivity contribution < 1.29 is 14.7 Å². The highest BCUT2D eigenvalue weighted by Gasteiger charge is 2.55. The largest absolute Gasteiger partial charge is 0.481 e. The summed E-state index contributed by atoms with van der Waals surface area (Å²) in [6, 6.07) is 11.5. The third kappa shape index (κ3) is 2.70. The molecule has 6 heteroatoms. The van der Waals surface area contributed by atoms with Crippen LogP contribution in [-0.4, -0.2) is 35.1 Å². The van der Waals surface area contributed by atoms with Gasteiger partial charge in [0.15, 0.2) is 0 Å². The number of hydrogen-bond donors (Lipinski definition) is 2. The number of fused-ring (bicyclic) bond motifs is 1. The predicted octanol–water partition coefficient (Wildman–Crippen LogP) is 4.13. The molecule has 4 rings (SSSR count). The van der Waals surface area contributed by atoms with Crippen LogP contribution < -0.4 is 5.32 Å². The number of carbonyl (C=O) groups is 2. The Morgan fingerprint density at radius 1 is 1.24 bits per heavy atom. The molecule has 1 aromatic heterocycles. The smallest absolute Gasteiger partial charge is 0.321 e. The molecule has 1 aliphatic carbocycles. The fourth-order valence-corrected chi connectivity index (χ4v) is 4.99. The van der Waals surface area contributed by atoms with Gasteiger partial charge in [0.05, 0.1) is 11.1 Å². The van der Waals surface area contributed by atoms with E-state index in [-0.39, 0.29) is 11.9 Å². The molecule has 130 valence electrons. The number of carboxylic acids is 1. The molecule has 2 amide bonds. The Morgan fingerprint density at radius 2 is 2.08 bits per heavy atom. The van der Waals surface area contributed by atoms with Crippen LogP contribution in [0.5, 0.6) is 0 Å². The maximum atomic E-state index is 12.8. The van der Waals surface area contributed by atoms with Crippen molar-refractivity contribution >= 4 is 29.0 Å². The summed E-state index contributed by atoms with van der Waals surface area (Å²) in [5.41, 5.74) is 1.000. The number of hydrogen-bond acceptors (Lipinski definition) is 3. The number of anilines is 1. The van der Waals surface area contributed by atoms with Crippen molar-refractivity contribution in [3.05, 3.63) is 41.8 Å². The number of benzene rings is 1. The monoisotopic (exact) mass is 356 g/mol. The maximum absolute atomic E-state index is 12.8. The number of amides is 2. The van der Waals surface area contributed by atoms with Gasteiger partial charge in [-0.2, -0.15) is 0 Å². The van der Waals surface area contributed by atoms with Crippen molar-refractivity contribution in [2.24, 2.45) is 11.3 Å². The molecular weight excluding hydrogens is 336 g/mol. The van der Waals surface area contributed by atoms with Gasteiger partial charge in [0.1, 0.15) is 0 Å². The average molecular weight is 356 g/mol. The first-order valence-electron chi connectivity index (χ1n) is 8.52. The van der Waals surface area contributed by atoms with Gasteiger partial charge >= 0.3 is 12.0 Å². The topological polar surface area (TPSA) is 69.6 Å². The molecular formula is C19H20N2O3S. The number of aliphatic carboxylic acids is 1. The summed E-state index contributed by atoms with van der Waals surface area (Å²) in [6.45, 7) is 0.833. The fourth-order valence-electron chi connectivity index (χ4n) is 4.23. The van der Waals surface area contributed by atoms with Crippen molar-refractivity contribution in [1.29, 1.82) is 0 Å². The Hall–Kier alpha value is -2.34. The van der Waals surface area contributed by atoms with Gasteiger partial charge in [0.25, 0.3) is 0 Å². The highest BCUT2D eigenvalue weighted by Crippen LogP contribution is 2.49. The van der Waals surface area contributed by atoms with E-state index in [1.807, 2.05) is 41.8 Å². The quantitative estimate of drug-likeness (QED) is 0.868. The highest BCUT2D eigenvalue weighted by molar-refractivity contribution is 7.13. The molecule has 2 heterocycles. The van der Waals surface area contributed by atoms with Crippen LogP contribution in [0.1, 0.15) is 19.3 Å². The summed E-state index contributed by atoms with van der Waals surface area (Å²) in [7, 11) is 0. The number of carboxylic acid groups (broad SMARTS) is 1. The lowest BCUT2D eigenvalue weighted by atomic mass is 9.81. The molecule has 5 nitrogen and oxygen atoms in total. The molecule has 2 aromatic rings. The summed E-state index contributed by atoms with van der Waals surface area (Å²) in [6.07, 6.45) is 2.50.